The molecule has 1 aromatic rings. The minimum absolute atomic E-state index is 0.789. The number of hydrogen-bond donors (Lipinski definition) is 2. The van der Waals surface area contributed by atoms with Crippen LogP contribution >= 0.6 is 0 Å². The van der Waals surface area contributed by atoms with E-state index in [1.54, 1.807) is 0 Å². The highest BCUT2D eigenvalue weighted by molar-refractivity contribution is 5.57. The number of rotatable bonds is 5. The average Bonchev–Trinajstić information content (AvgIpc) is 2.77. The molecule has 2 atom stereocenters. The highest BCUT2D eigenvalue weighted by Gasteiger charge is 2.23. The molecule has 0 aromatic carbocycles. The molecular weight excluding hydrogens is 236 g/mol. The number of aromatic nitrogens is 2. The van der Waals surface area contributed by atoms with Gasteiger partial charge < -0.3 is 10.6 Å². The maximum Gasteiger partial charge on any atom is 0.134 e. The second kappa shape index (κ2) is 6.22. The normalized spacial score (nSPS) is 22.5. The van der Waals surface area contributed by atoms with Gasteiger partial charge in [-0.15, -0.1) is 0 Å². The van der Waals surface area contributed by atoms with Crippen molar-refractivity contribution in [2.45, 2.75) is 47.0 Å². The van der Waals surface area contributed by atoms with Crippen molar-refractivity contribution in [2.75, 3.05) is 23.7 Å². The van der Waals surface area contributed by atoms with Gasteiger partial charge in [-0.1, -0.05) is 19.8 Å². The molecule has 0 aliphatic heterocycles. The number of nitrogens with one attached hydrogen (secondary N) is 2. The molecule has 0 saturated heterocycles. The van der Waals surface area contributed by atoms with E-state index in [2.05, 4.69) is 41.4 Å². The van der Waals surface area contributed by atoms with E-state index in [0.29, 0.717) is 0 Å². The Hall–Kier alpha value is -1.32. The summed E-state index contributed by atoms with van der Waals surface area (Å²) in [6.45, 7) is 10.4. The predicted molar refractivity (Wildman–Crippen MR) is 80.7 cm³/mol. The zero-order valence-electron chi connectivity index (χ0n) is 12.6. The number of hydrogen-bond acceptors (Lipinski definition) is 4. The van der Waals surface area contributed by atoms with Crippen LogP contribution in [0.2, 0.25) is 0 Å². The maximum absolute atomic E-state index is 4.54. The summed E-state index contributed by atoms with van der Waals surface area (Å²) in [5.41, 5.74) is 1.12. The first-order valence-electron chi connectivity index (χ1n) is 7.44. The Morgan fingerprint density at radius 3 is 2.37 bits per heavy atom. The summed E-state index contributed by atoms with van der Waals surface area (Å²) in [5, 5.41) is 6.84. The van der Waals surface area contributed by atoms with Crippen LogP contribution in [0.1, 0.15) is 44.5 Å². The molecule has 2 rings (SSSR count). The first-order valence-corrected chi connectivity index (χ1v) is 7.44. The molecule has 1 fully saturated rings. The van der Waals surface area contributed by atoms with Crippen LogP contribution in [-0.4, -0.2) is 23.1 Å². The highest BCUT2D eigenvalue weighted by atomic mass is 15.1. The molecule has 1 heterocycles. The van der Waals surface area contributed by atoms with E-state index in [9.17, 15) is 0 Å². The van der Waals surface area contributed by atoms with Crippen LogP contribution in [0.15, 0.2) is 0 Å². The lowest BCUT2D eigenvalue weighted by Crippen LogP contribution is -2.18. The van der Waals surface area contributed by atoms with Crippen molar-refractivity contribution in [3.05, 3.63) is 11.4 Å². The SMILES string of the molecule is CCNc1nc(C)nc(NCC2CCCC2C)c1C. The fourth-order valence-electron chi connectivity index (χ4n) is 2.89. The number of nitrogens with zero attached hydrogens (tertiary/aromatic N) is 2. The van der Waals surface area contributed by atoms with Gasteiger partial charge in [-0.05, 0) is 39.0 Å². The van der Waals surface area contributed by atoms with Crippen molar-refractivity contribution in [3.63, 3.8) is 0 Å². The highest BCUT2D eigenvalue weighted by Crippen LogP contribution is 2.31. The minimum Gasteiger partial charge on any atom is -0.370 e. The third-order valence-corrected chi connectivity index (χ3v) is 4.17. The van der Waals surface area contributed by atoms with E-state index < -0.39 is 0 Å². The maximum atomic E-state index is 4.54. The molecule has 2 unspecified atom stereocenters. The Morgan fingerprint density at radius 1 is 1.11 bits per heavy atom. The lowest BCUT2D eigenvalue weighted by atomic mass is 9.98. The summed E-state index contributed by atoms with van der Waals surface area (Å²) < 4.78 is 0. The van der Waals surface area contributed by atoms with Gasteiger partial charge in [0.05, 0.1) is 0 Å². The van der Waals surface area contributed by atoms with Crippen LogP contribution in [0.3, 0.4) is 0 Å². The average molecular weight is 262 g/mol. The zero-order valence-corrected chi connectivity index (χ0v) is 12.6. The second-order valence-electron chi connectivity index (χ2n) is 5.67. The van der Waals surface area contributed by atoms with Crippen molar-refractivity contribution < 1.29 is 0 Å². The Bertz CT molecular complexity index is 430. The van der Waals surface area contributed by atoms with Crippen LogP contribution in [0.4, 0.5) is 11.6 Å². The van der Waals surface area contributed by atoms with Crippen LogP contribution in [0.5, 0.6) is 0 Å². The van der Waals surface area contributed by atoms with Crippen molar-refractivity contribution in [1.29, 1.82) is 0 Å². The van der Waals surface area contributed by atoms with Gasteiger partial charge in [0.25, 0.3) is 0 Å². The number of anilines is 2. The van der Waals surface area contributed by atoms with E-state index in [1.807, 2.05) is 6.92 Å². The molecule has 1 aliphatic rings. The van der Waals surface area contributed by atoms with Crippen LogP contribution in [0, 0.1) is 25.7 Å². The first-order chi connectivity index (χ1) is 9.11. The predicted octanol–water partition coefficient (Wildman–Crippen LogP) is 3.37. The largest absolute Gasteiger partial charge is 0.370 e. The summed E-state index contributed by atoms with van der Waals surface area (Å²) in [5.74, 6) is 4.39. The van der Waals surface area contributed by atoms with E-state index in [-0.39, 0.29) is 0 Å². The van der Waals surface area contributed by atoms with Gasteiger partial charge in [-0.25, -0.2) is 9.97 Å². The van der Waals surface area contributed by atoms with Crippen molar-refractivity contribution in [1.82, 2.24) is 9.97 Å². The fraction of sp³-hybridized carbons (Fsp3) is 0.733. The van der Waals surface area contributed by atoms with Gasteiger partial charge in [0, 0.05) is 18.7 Å². The molecular formula is C15H26N4. The van der Waals surface area contributed by atoms with Gasteiger partial charge in [0.15, 0.2) is 0 Å². The molecule has 1 saturated carbocycles. The Labute approximate surface area is 116 Å². The van der Waals surface area contributed by atoms with Crippen LogP contribution in [-0.2, 0) is 0 Å². The van der Waals surface area contributed by atoms with Gasteiger partial charge in [-0.2, -0.15) is 0 Å². The molecule has 0 bridgehead atoms. The topological polar surface area (TPSA) is 49.8 Å². The molecule has 1 aliphatic carbocycles. The smallest absolute Gasteiger partial charge is 0.134 e. The van der Waals surface area contributed by atoms with Gasteiger partial charge in [-0.3, -0.25) is 0 Å². The molecule has 106 valence electrons. The van der Waals surface area contributed by atoms with Gasteiger partial charge in [0.1, 0.15) is 17.5 Å². The second-order valence-corrected chi connectivity index (χ2v) is 5.67. The molecule has 0 radical (unpaired) electrons. The third-order valence-electron chi connectivity index (χ3n) is 4.17. The summed E-state index contributed by atoms with van der Waals surface area (Å²) in [7, 11) is 0. The van der Waals surface area contributed by atoms with E-state index >= 15 is 0 Å². The van der Waals surface area contributed by atoms with Gasteiger partial charge >= 0.3 is 0 Å². The Balaban J connectivity index is 2.06. The molecule has 1 aromatic heterocycles. The van der Waals surface area contributed by atoms with Crippen molar-refractivity contribution in [3.8, 4) is 0 Å². The molecule has 19 heavy (non-hydrogen) atoms. The first kappa shape index (κ1) is 14.1. The standard InChI is InChI=1S/C15H26N4/c1-5-16-14-11(3)15(19-12(4)18-14)17-9-13-8-6-7-10(13)2/h10,13H,5-9H2,1-4H3,(H2,16,17,18,19). The summed E-state index contributed by atoms with van der Waals surface area (Å²) in [6.07, 6.45) is 4.09. The van der Waals surface area contributed by atoms with E-state index in [0.717, 1.165) is 47.9 Å². The zero-order chi connectivity index (χ0) is 13.8. The van der Waals surface area contributed by atoms with E-state index in [1.165, 1.54) is 19.3 Å². The Morgan fingerprint density at radius 2 is 1.79 bits per heavy atom. The molecule has 0 amide bonds. The van der Waals surface area contributed by atoms with Crippen LogP contribution in [0.25, 0.3) is 0 Å². The molecule has 4 nitrogen and oxygen atoms in total. The summed E-state index contributed by atoms with van der Waals surface area (Å²) in [6, 6.07) is 0. The quantitative estimate of drug-likeness (QED) is 0.854. The van der Waals surface area contributed by atoms with Crippen molar-refractivity contribution in [2.24, 2.45) is 11.8 Å². The fourth-order valence-corrected chi connectivity index (χ4v) is 2.89. The number of aryl methyl sites for hydroxylation is 1. The molecule has 0 spiro atoms. The lowest BCUT2D eigenvalue weighted by molar-refractivity contribution is 0.439. The third kappa shape index (κ3) is 3.37. The van der Waals surface area contributed by atoms with E-state index in [4.69, 9.17) is 0 Å². The Kier molecular flexibility index (Phi) is 4.61. The van der Waals surface area contributed by atoms with Crippen molar-refractivity contribution >= 4 is 11.6 Å². The molecule has 4 heteroatoms. The summed E-state index contributed by atoms with van der Waals surface area (Å²) >= 11 is 0. The molecule has 2 N–H and O–H groups in total. The lowest BCUT2D eigenvalue weighted by Gasteiger charge is -2.18. The monoisotopic (exact) mass is 262 g/mol. The van der Waals surface area contributed by atoms with Crippen LogP contribution < -0.4 is 10.6 Å². The minimum atomic E-state index is 0.789. The van der Waals surface area contributed by atoms with Gasteiger partial charge in [0.2, 0.25) is 0 Å². The summed E-state index contributed by atoms with van der Waals surface area (Å²) in [4.78, 5) is 9.00.